The summed E-state index contributed by atoms with van der Waals surface area (Å²) >= 11 is 0. The van der Waals surface area contributed by atoms with Gasteiger partial charge in [-0.1, -0.05) is 0 Å². The van der Waals surface area contributed by atoms with Crippen molar-refractivity contribution in [2.75, 3.05) is 38.7 Å². The molecule has 1 aliphatic rings. The normalized spacial score (nSPS) is 14.4. The number of methoxy groups -OCH3 is 1. The molecule has 3 aromatic rings. The van der Waals surface area contributed by atoms with Gasteiger partial charge >= 0.3 is 6.03 Å². The number of fused-ring (bicyclic) bond motifs is 1. The van der Waals surface area contributed by atoms with Crippen molar-refractivity contribution in [1.82, 2.24) is 14.9 Å². The van der Waals surface area contributed by atoms with Gasteiger partial charge in [-0.15, -0.1) is 0 Å². The first-order valence-electron chi connectivity index (χ1n) is 8.27. The smallest absolute Gasteiger partial charge is 0.323 e. The average Bonchev–Trinajstić information content (AvgIpc) is 3.14. The fourth-order valence-corrected chi connectivity index (χ4v) is 2.80. The Kier molecular flexibility index (Phi) is 4.40. The third-order valence-corrected chi connectivity index (χ3v) is 4.23. The molecule has 2 aromatic heterocycles. The predicted octanol–water partition coefficient (Wildman–Crippen LogP) is 2.76. The topological polar surface area (TPSA) is 89.7 Å². The predicted molar refractivity (Wildman–Crippen MR) is 95.2 cm³/mol. The molecule has 1 aromatic carbocycles. The maximum absolute atomic E-state index is 12.4. The third-order valence-electron chi connectivity index (χ3n) is 4.23. The van der Waals surface area contributed by atoms with Crippen molar-refractivity contribution in [3.8, 4) is 17.1 Å². The molecule has 8 heteroatoms. The van der Waals surface area contributed by atoms with E-state index in [1.54, 1.807) is 12.0 Å². The molecular formula is C18H18N4O4. The Morgan fingerprint density at radius 2 is 1.96 bits per heavy atom. The number of benzene rings is 1. The monoisotopic (exact) mass is 354 g/mol. The first-order chi connectivity index (χ1) is 12.7. The number of hydrogen-bond acceptors (Lipinski definition) is 6. The summed E-state index contributed by atoms with van der Waals surface area (Å²) in [5.74, 6) is 1.84. The summed E-state index contributed by atoms with van der Waals surface area (Å²) < 4.78 is 16.3. The van der Waals surface area contributed by atoms with Gasteiger partial charge in [0.1, 0.15) is 23.7 Å². The van der Waals surface area contributed by atoms with E-state index in [1.807, 2.05) is 30.3 Å². The first kappa shape index (κ1) is 16.3. The van der Waals surface area contributed by atoms with E-state index in [-0.39, 0.29) is 6.03 Å². The van der Waals surface area contributed by atoms with Gasteiger partial charge < -0.3 is 18.8 Å². The Bertz CT molecular complexity index is 917. The zero-order valence-electron chi connectivity index (χ0n) is 14.3. The zero-order chi connectivity index (χ0) is 17.9. The lowest BCUT2D eigenvalue weighted by Crippen LogP contribution is -2.43. The number of urea groups is 1. The molecule has 0 aliphatic carbocycles. The molecule has 0 bridgehead atoms. The third kappa shape index (κ3) is 3.18. The molecular weight excluding hydrogens is 336 g/mol. The molecule has 0 saturated carbocycles. The summed E-state index contributed by atoms with van der Waals surface area (Å²) in [5.41, 5.74) is 1.30. The highest BCUT2D eigenvalue weighted by Gasteiger charge is 2.19. The van der Waals surface area contributed by atoms with E-state index in [0.717, 1.165) is 11.3 Å². The summed E-state index contributed by atoms with van der Waals surface area (Å²) in [4.78, 5) is 22.5. The summed E-state index contributed by atoms with van der Waals surface area (Å²) in [5, 5.41) is 3.49. The van der Waals surface area contributed by atoms with Crippen molar-refractivity contribution in [1.29, 1.82) is 0 Å². The second-order valence-corrected chi connectivity index (χ2v) is 5.81. The Morgan fingerprint density at radius 1 is 1.19 bits per heavy atom. The molecule has 0 radical (unpaired) electrons. The quantitative estimate of drug-likeness (QED) is 0.778. The van der Waals surface area contributed by atoms with Crippen molar-refractivity contribution in [2.24, 2.45) is 0 Å². The Labute approximate surface area is 149 Å². The second-order valence-electron chi connectivity index (χ2n) is 5.81. The van der Waals surface area contributed by atoms with Crippen molar-refractivity contribution < 1.29 is 18.7 Å². The number of ether oxygens (including phenoxy) is 2. The van der Waals surface area contributed by atoms with Gasteiger partial charge in [-0.05, 0) is 30.3 Å². The molecule has 134 valence electrons. The lowest BCUT2D eigenvalue weighted by Gasteiger charge is -2.26. The summed E-state index contributed by atoms with van der Waals surface area (Å²) in [6.45, 7) is 2.20. The van der Waals surface area contributed by atoms with Crippen LogP contribution < -0.4 is 10.1 Å². The Morgan fingerprint density at radius 3 is 2.69 bits per heavy atom. The second kappa shape index (κ2) is 7.01. The number of morpholine rings is 1. The van der Waals surface area contributed by atoms with Crippen molar-refractivity contribution in [2.45, 2.75) is 0 Å². The van der Waals surface area contributed by atoms with Crippen LogP contribution in [0.4, 0.5) is 10.6 Å². The van der Waals surface area contributed by atoms with E-state index >= 15 is 0 Å². The SMILES string of the molecule is COc1ccc(-c2cc3c(NC(=O)N4CCOCC4)ncnc3o2)cc1. The minimum absolute atomic E-state index is 0.208. The van der Waals surface area contributed by atoms with Crippen LogP contribution in [0.25, 0.3) is 22.4 Å². The van der Waals surface area contributed by atoms with Crippen molar-refractivity contribution >= 4 is 22.9 Å². The number of carbonyl (C=O) groups is 1. The van der Waals surface area contributed by atoms with Gasteiger partial charge in [-0.3, -0.25) is 5.32 Å². The van der Waals surface area contributed by atoms with E-state index in [9.17, 15) is 4.79 Å². The molecule has 1 saturated heterocycles. The van der Waals surface area contributed by atoms with E-state index in [2.05, 4.69) is 15.3 Å². The largest absolute Gasteiger partial charge is 0.497 e. The van der Waals surface area contributed by atoms with Crippen LogP contribution in [0, 0.1) is 0 Å². The molecule has 8 nitrogen and oxygen atoms in total. The molecule has 1 N–H and O–H groups in total. The van der Waals surface area contributed by atoms with Crippen molar-refractivity contribution in [3.05, 3.63) is 36.7 Å². The summed E-state index contributed by atoms with van der Waals surface area (Å²) in [6.07, 6.45) is 1.37. The van der Waals surface area contributed by atoms with Gasteiger partial charge in [-0.25, -0.2) is 14.8 Å². The van der Waals surface area contributed by atoms with Crippen LogP contribution in [0.1, 0.15) is 0 Å². The fraction of sp³-hybridized carbons (Fsp3) is 0.278. The molecule has 0 atom stereocenters. The number of hydrogen-bond donors (Lipinski definition) is 1. The van der Waals surface area contributed by atoms with E-state index in [4.69, 9.17) is 13.9 Å². The average molecular weight is 354 g/mol. The number of furan rings is 1. The molecule has 0 spiro atoms. The minimum atomic E-state index is -0.208. The number of rotatable bonds is 3. The number of nitrogens with zero attached hydrogens (tertiary/aromatic N) is 3. The van der Waals surface area contributed by atoms with Gasteiger partial charge in [0.2, 0.25) is 5.71 Å². The molecule has 1 fully saturated rings. The highest BCUT2D eigenvalue weighted by Crippen LogP contribution is 2.30. The van der Waals surface area contributed by atoms with Crippen LogP contribution in [0.15, 0.2) is 41.1 Å². The molecule has 4 rings (SSSR count). The maximum atomic E-state index is 12.4. The fourth-order valence-electron chi connectivity index (χ4n) is 2.80. The lowest BCUT2D eigenvalue weighted by atomic mass is 10.1. The highest BCUT2D eigenvalue weighted by atomic mass is 16.5. The highest BCUT2D eigenvalue weighted by molar-refractivity contribution is 5.98. The first-order valence-corrected chi connectivity index (χ1v) is 8.27. The maximum Gasteiger partial charge on any atom is 0.323 e. The van der Waals surface area contributed by atoms with Crippen LogP contribution >= 0.6 is 0 Å². The van der Waals surface area contributed by atoms with Gasteiger partial charge in [0.15, 0.2) is 0 Å². The number of aromatic nitrogens is 2. The van der Waals surface area contributed by atoms with Crippen LogP contribution in [0.3, 0.4) is 0 Å². The number of nitrogens with one attached hydrogen (secondary N) is 1. The number of amides is 2. The van der Waals surface area contributed by atoms with E-state index in [0.29, 0.717) is 49.0 Å². The van der Waals surface area contributed by atoms with Crippen LogP contribution in [-0.4, -0.2) is 54.3 Å². The van der Waals surface area contributed by atoms with Crippen molar-refractivity contribution in [3.63, 3.8) is 0 Å². The van der Waals surface area contributed by atoms with Gasteiger partial charge in [0.25, 0.3) is 0 Å². The molecule has 0 unspecified atom stereocenters. The lowest BCUT2D eigenvalue weighted by molar-refractivity contribution is 0.0564. The molecule has 2 amide bonds. The standard InChI is InChI=1S/C18H18N4O4/c1-24-13-4-2-12(3-5-13)15-10-14-16(19-11-20-17(14)26-15)21-18(23)22-6-8-25-9-7-22/h2-5,10-11H,6-9H2,1H3,(H,19,20,21,23). The molecule has 1 aliphatic heterocycles. The Balaban J connectivity index is 1.61. The van der Waals surface area contributed by atoms with Crippen LogP contribution in [0.5, 0.6) is 5.75 Å². The summed E-state index contributed by atoms with van der Waals surface area (Å²) in [6, 6.07) is 9.13. The summed E-state index contributed by atoms with van der Waals surface area (Å²) in [7, 11) is 1.62. The Hall–Kier alpha value is -3.13. The number of carbonyl (C=O) groups excluding carboxylic acids is 1. The minimum Gasteiger partial charge on any atom is -0.497 e. The van der Waals surface area contributed by atoms with Crippen LogP contribution in [0.2, 0.25) is 0 Å². The molecule has 3 heterocycles. The van der Waals surface area contributed by atoms with Gasteiger partial charge in [-0.2, -0.15) is 0 Å². The van der Waals surface area contributed by atoms with Crippen LogP contribution in [-0.2, 0) is 4.74 Å². The van der Waals surface area contributed by atoms with E-state index < -0.39 is 0 Å². The zero-order valence-corrected chi connectivity index (χ0v) is 14.3. The van der Waals surface area contributed by atoms with E-state index in [1.165, 1.54) is 6.33 Å². The number of anilines is 1. The van der Waals surface area contributed by atoms with Gasteiger partial charge in [0, 0.05) is 18.7 Å². The van der Waals surface area contributed by atoms with Gasteiger partial charge in [0.05, 0.1) is 25.7 Å². The molecule has 26 heavy (non-hydrogen) atoms.